The summed E-state index contributed by atoms with van der Waals surface area (Å²) in [5.41, 5.74) is 3.93. The Bertz CT molecular complexity index is 1220. The minimum absolute atomic E-state index is 0.182. The van der Waals surface area contributed by atoms with Crippen molar-refractivity contribution in [2.45, 2.75) is 44.9 Å². The van der Waals surface area contributed by atoms with E-state index in [0.717, 1.165) is 56.8 Å². The molecule has 10 heteroatoms. The van der Waals surface area contributed by atoms with Gasteiger partial charge in [0.2, 0.25) is 0 Å². The van der Waals surface area contributed by atoms with E-state index >= 15 is 0 Å². The number of anilines is 2. The van der Waals surface area contributed by atoms with Crippen LogP contribution in [0, 0.1) is 11.7 Å². The number of tetrazole rings is 1. The zero-order valence-corrected chi connectivity index (χ0v) is 22.8. The number of urea groups is 1. The van der Waals surface area contributed by atoms with E-state index in [0.29, 0.717) is 24.0 Å². The Kier molecular flexibility index (Phi) is 9.03. The SMILES string of the molecule is Cn1nnnc1-c1cc(NC(=O)NCCCN2CCC[C@@H](Cc3ccc(F)cc3)C2)ccc1N1CCCCC1. The van der Waals surface area contributed by atoms with Gasteiger partial charge in [-0.15, -0.1) is 5.10 Å². The van der Waals surface area contributed by atoms with Crippen molar-refractivity contribution < 1.29 is 9.18 Å². The summed E-state index contributed by atoms with van der Waals surface area (Å²) < 4.78 is 14.9. The monoisotopic (exact) mass is 534 g/mol. The summed E-state index contributed by atoms with van der Waals surface area (Å²) in [4.78, 5) is 17.5. The molecule has 0 bridgehead atoms. The number of benzene rings is 2. The molecule has 3 aromatic rings. The van der Waals surface area contributed by atoms with Crippen LogP contribution in [0.1, 0.15) is 44.1 Å². The first-order chi connectivity index (χ1) is 19.0. The van der Waals surface area contributed by atoms with E-state index in [1.807, 2.05) is 31.3 Å². The molecule has 2 aliphatic heterocycles. The normalized spacial score (nSPS) is 18.2. The van der Waals surface area contributed by atoms with Gasteiger partial charge in [0.1, 0.15) is 5.82 Å². The molecular formula is C29H39FN8O. The second-order valence-corrected chi connectivity index (χ2v) is 10.8. The van der Waals surface area contributed by atoms with E-state index in [9.17, 15) is 9.18 Å². The lowest BCUT2D eigenvalue weighted by molar-refractivity contribution is 0.172. The Morgan fingerprint density at radius 3 is 2.64 bits per heavy atom. The summed E-state index contributed by atoms with van der Waals surface area (Å²) in [6, 6.07) is 12.6. The second kappa shape index (κ2) is 13.0. The van der Waals surface area contributed by atoms with Gasteiger partial charge < -0.3 is 20.4 Å². The van der Waals surface area contributed by atoms with E-state index < -0.39 is 0 Å². The maximum atomic E-state index is 13.2. The van der Waals surface area contributed by atoms with E-state index in [1.54, 1.807) is 16.8 Å². The van der Waals surface area contributed by atoms with Crippen LogP contribution in [0.2, 0.25) is 0 Å². The largest absolute Gasteiger partial charge is 0.371 e. The van der Waals surface area contributed by atoms with E-state index in [1.165, 1.54) is 37.7 Å². The zero-order valence-electron chi connectivity index (χ0n) is 22.8. The molecule has 1 atom stereocenters. The van der Waals surface area contributed by atoms with Crippen molar-refractivity contribution >= 4 is 17.4 Å². The molecule has 2 fully saturated rings. The van der Waals surface area contributed by atoms with Crippen LogP contribution < -0.4 is 15.5 Å². The molecule has 2 saturated heterocycles. The fourth-order valence-electron chi connectivity index (χ4n) is 5.82. The standard InChI is InChI=1S/C29H39FN8O/c1-36-28(33-34-35-36)26-20-25(12-13-27(26)38-17-3-2-4-18-38)32-29(39)31-14-6-16-37-15-5-7-23(21-37)19-22-8-10-24(30)11-9-22/h8-13,20,23H,2-7,14-19,21H2,1H3,(H2,31,32,39)/t23-/m0/s1. The van der Waals surface area contributed by atoms with Crippen LogP contribution in [-0.2, 0) is 13.5 Å². The Labute approximate surface area is 229 Å². The number of rotatable bonds is 9. The number of hydrogen-bond acceptors (Lipinski definition) is 6. The van der Waals surface area contributed by atoms with Crippen molar-refractivity contribution in [2.24, 2.45) is 13.0 Å². The highest BCUT2D eigenvalue weighted by atomic mass is 19.1. The molecule has 5 rings (SSSR count). The van der Waals surface area contributed by atoms with Crippen molar-refractivity contribution in [1.82, 2.24) is 30.4 Å². The zero-order chi connectivity index (χ0) is 27.0. The van der Waals surface area contributed by atoms with Crippen LogP contribution in [0.5, 0.6) is 0 Å². The Hall–Kier alpha value is -3.53. The third kappa shape index (κ3) is 7.32. The van der Waals surface area contributed by atoms with Gasteiger partial charge in [-0.2, -0.15) is 0 Å². The number of piperidine rings is 2. The van der Waals surface area contributed by atoms with Gasteiger partial charge in [0.15, 0.2) is 5.82 Å². The van der Waals surface area contributed by atoms with Crippen molar-refractivity contribution in [1.29, 1.82) is 0 Å². The van der Waals surface area contributed by atoms with Crippen molar-refractivity contribution in [3.63, 3.8) is 0 Å². The van der Waals surface area contributed by atoms with Gasteiger partial charge in [-0.1, -0.05) is 12.1 Å². The molecule has 2 N–H and O–H groups in total. The summed E-state index contributed by atoms with van der Waals surface area (Å²) in [5.74, 6) is 1.09. The predicted molar refractivity (Wildman–Crippen MR) is 151 cm³/mol. The number of nitrogens with zero attached hydrogens (tertiary/aromatic N) is 6. The van der Waals surface area contributed by atoms with Gasteiger partial charge in [0, 0.05) is 50.2 Å². The number of aryl methyl sites for hydroxylation is 1. The van der Waals surface area contributed by atoms with Gasteiger partial charge in [0.05, 0.1) is 0 Å². The first-order valence-corrected chi connectivity index (χ1v) is 14.2. The maximum absolute atomic E-state index is 13.2. The fourth-order valence-corrected chi connectivity index (χ4v) is 5.82. The summed E-state index contributed by atoms with van der Waals surface area (Å²) in [5, 5.41) is 18.0. The van der Waals surface area contributed by atoms with Crippen LogP contribution >= 0.6 is 0 Å². The molecule has 0 saturated carbocycles. The minimum atomic E-state index is -0.212. The molecule has 208 valence electrons. The number of carbonyl (C=O) groups excluding carboxylic acids is 1. The molecule has 1 aromatic heterocycles. The highest BCUT2D eigenvalue weighted by Crippen LogP contribution is 2.33. The Morgan fingerprint density at radius 1 is 1.05 bits per heavy atom. The summed E-state index contributed by atoms with van der Waals surface area (Å²) in [7, 11) is 1.83. The third-order valence-corrected chi connectivity index (χ3v) is 7.79. The smallest absolute Gasteiger partial charge is 0.319 e. The molecule has 0 aliphatic carbocycles. The molecule has 9 nitrogen and oxygen atoms in total. The quantitative estimate of drug-likeness (QED) is 0.394. The number of aromatic nitrogens is 4. The fraction of sp³-hybridized carbons (Fsp3) is 0.517. The van der Waals surface area contributed by atoms with Crippen LogP contribution in [-0.4, -0.2) is 70.4 Å². The van der Waals surface area contributed by atoms with Gasteiger partial charge in [-0.05, 0) is 110 Å². The Balaban J connectivity index is 1.10. The van der Waals surface area contributed by atoms with Crippen LogP contribution in [0.25, 0.3) is 11.4 Å². The van der Waals surface area contributed by atoms with E-state index in [-0.39, 0.29) is 11.8 Å². The topological polar surface area (TPSA) is 91.2 Å². The Morgan fingerprint density at radius 2 is 1.87 bits per heavy atom. The van der Waals surface area contributed by atoms with Crippen LogP contribution in [0.3, 0.4) is 0 Å². The van der Waals surface area contributed by atoms with Gasteiger partial charge in [-0.3, -0.25) is 0 Å². The number of carbonyl (C=O) groups is 1. The first-order valence-electron chi connectivity index (χ1n) is 14.2. The van der Waals surface area contributed by atoms with Crippen LogP contribution in [0.4, 0.5) is 20.6 Å². The molecule has 0 spiro atoms. The van der Waals surface area contributed by atoms with Crippen molar-refractivity contribution in [2.75, 3.05) is 49.5 Å². The summed E-state index contributed by atoms with van der Waals surface area (Å²) in [6.07, 6.45) is 7.86. The van der Waals surface area contributed by atoms with Gasteiger partial charge in [-0.25, -0.2) is 13.9 Å². The molecule has 0 unspecified atom stereocenters. The molecule has 3 heterocycles. The number of amides is 2. The molecular weight excluding hydrogens is 495 g/mol. The lowest BCUT2D eigenvalue weighted by Gasteiger charge is -2.32. The lowest BCUT2D eigenvalue weighted by atomic mass is 9.91. The van der Waals surface area contributed by atoms with Crippen LogP contribution in [0.15, 0.2) is 42.5 Å². The lowest BCUT2D eigenvalue weighted by Crippen LogP contribution is -2.38. The maximum Gasteiger partial charge on any atom is 0.319 e. The average molecular weight is 535 g/mol. The third-order valence-electron chi connectivity index (χ3n) is 7.79. The number of hydrogen-bond donors (Lipinski definition) is 2. The number of halogens is 1. The molecule has 0 radical (unpaired) electrons. The minimum Gasteiger partial charge on any atom is -0.371 e. The van der Waals surface area contributed by atoms with Crippen molar-refractivity contribution in [3.8, 4) is 11.4 Å². The summed E-state index contributed by atoms with van der Waals surface area (Å²) >= 11 is 0. The number of likely N-dealkylation sites (tertiary alicyclic amines) is 1. The van der Waals surface area contributed by atoms with E-state index in [2.05, 4.69) is 42.0 Å². The molecule has 39 heavy (non-hydrogen) atoms. The molecule has 2 amide bonds. The number of nitrogens with one attached hydrogen (secondary N) is 2. The van der Waals surface area contributed by atoms with Gasteiger partial charge >= 0.3 is 6.03 Å². The average Bonchev–Trinajstić information content (AvgIpc) is 3.39. The second-order valence-electron chi connectivity index (χ2n) is 10.8. The first kappa shape index (κ1) is 27.1. The van der Waals surface area contributed by atoms with E-state index in [4.69, 9.17) is 0 Å². The highest BCUT2D eigenvalue weighted by Gasteiger charge is 2.21. The highest BCUT2D eigenvalue weighted by molar-refractivity contribution is 5.91. The molecule has 2 aliphatic rings. The summed E-state index contributed by atoms with van der Waals surface area (Å²) in [6.45, 7) is 5.72. The predicted octanol–water partition coefficient (Wildman–Crippen LogP) is 4.47. The van der Waals surface area contributed by atoms with Gasteiger partial charge in [0.25, 0.3) is 0 Å². The van der Waals surface area contributed by atoms with Crippen molar-refractivity contribution in [3.05, 3.63) is 53.8 Å². The molecule has 2 aromatic carbocycles.